The normalized spacial score (nSPS) is 17.4. The zero-order chi connectivity index (χ0) is 16.9. The number of rotatable bonds is 3. The number of urea groups is 1. The van der Waals surface area contributed by atoms with Crippen LogP contribution in [0, 0.1) is 0 Å². The first-order valence-electron chi connectivity index (χ1n) is 7.91. The highest BCUT2D eigenvalue weighted by Gasteiger charge is 2.24. The van der Waals surface area contributed by atoms with Gasteiger partial charge in [-0.1, -0.05) is 0 Å². The SMILES string of the molecule is CC(=O)N[C@@H]1CCCN(C(=O)Nc2cccnc2-n2cccn2)C1. The Morgan fingerprint density at radius 3 is 2.92 bits per heavy atom. The number of nitrogens with one attached hydrogen (secondary N) is 2. The molecular formula is C16H20N6O2. The minimum absolute atomic E-state index is 0.00137. The fraction of sp³-hybridized carbons (Fsp3) is 0.375. The highest BCUT2D eigenvalue weighted by molar-refractivity contribution is 5.91. The van der Waals surface area contributed by atoms with Crippen LogP contribution in [0.5, 0.6) is 0 Å². The Kier molecular flexibility index (Phi) is 4.74. The summed E-state index contributed by atoms with van der Waals surface area (Å²) in [6.45, 7) is 2.66. The molecule has 126 valence electrons. The van der Waals surface area contributed by atoms with Crippen molar-refractivity contribution in [2.45, 2.75) is 25.8 Å². The predicted molar refractivity (Wildman–Crippen MR) is 88.8 cm³/mol. The van der Waals surface area contributed by atoms with Gasteiger partial charge in [-0.15, -0.1) is 0 Å². The number of pyridine rings is 1. The van der Waals surface area contributed by atoms with Gasteiger partial charge < -0.3 is 15.5 Å². The van der Waals surface area contributed by atoms with Crippen molar-refractivity contribution >= 4 is 17.6 Å². The van der Waals surface area contributed by atoms with Crippen molar-refractivity contribution in [3.63, 3.8) is 0 Å². The topological polar surface area (TPSA) is 92.2 Å². The van der Waals surface area contributed by atoms with Crippen molar-refractivity contribution in [2.75, 3.05) is 18.4 Å². The van der Waals surface area contributed by atoms with E-state index in [1.807, 2.05) is 0 Å². The summed E-state index contributed by atoms with van der Waals surface area (Å²) in [6, 6.07) is 5.15. The lowest BCUT2D eigenvalue weighted by atomic mass is 10.1. The van der Waals surface area contributed by atoms with Crippen LogP contribution in [0.1, 0.15) is 19.8 Å². The summed E-state index contributed by atoms with van der Waals surface area (Å²) >= 11 is 0. The molecule has 1 aliphatic heterocycles. The molecule has 1 atom stereocenters. The van der Waals surface area contributed by atoms with Crippen LogP contribution in [0.4, 0.5) is 10.5 Å². The van der Waals surface area contributed by atoms with Crippen LogP contribution in [0.3, 0.4) is 0 Å². The van der Waals surface area contributed by atoms with Gasteiger partial charge in [0.15, 0.2) is 5.82 Å². The number of aromatic nitrogens is 3. The van der Waals surface area contributed by atoms with Crippen LogP contribution in [0.15, 0.2) is 36.8 Å². The first kappa shape index (κ1) is 16.0. The van der Waals surface area contributed by atoms with Gasteiger partial charge in [0.2, 0.25) is 5.91 Å². The average Bonchev–Trinajstić information content (AvgIpc) is 3.09. The molecule has 1 saturated heterocycles. The molecule has 0 spiro atoms. The molecule has 2 aromatic heterocycles. The molecule has 24 heavy (non-hydrogen) atoms. The number of likely N-dealkylation sites (tertiary alicyclic amines) is 1. The first-order chi connectivity index (χ1) is 11.6. The largest absolute Gasteiger partial charge is 0.352 e. The van der Waals surface area contributed by atoms with E-state index < -0.39 is 0 Å². The average molecular weight is 328 g/mol. The molecular weight excluding hydrogens is 308 g/mol. The van der Waals surface area contributed by atoms with Crippen LogP contribution in [-0.4, -0.2) is 50.7 Å². The van der Waals surface area contributed by atoms with Crippen LogP contribution in [-0.2, 0) is 4.79 Å². The van der Waals surface area contributed by atoms with Crippen LogP contribution >= 0.6 is 0 Å². The Morgan fingerprint density at radius 2 is 2.17 bits per heavy atom. The van der Waals surface area contributed by atoms with Crippen LogP contribution in [0.2, 0.25) is 0 Å². The van der Waals surface area contributed by atoms with E-state index in [9.17, 15) is 9.59 Å². The summed E-state index contributed by atoms with van der Waals surface area (Å²) in [4.78, 5) is 29.8. The zero-order valence-electron chi connectivity index (χ0n) is 13.5. The molecule has 0 saturated carbocycles. The molecule has 2 aromatic rings. The minimum atomic E-state index is -0.202. The summed E-state index contributed by atoms with van der Waals surface area (Å²) in [5, 5.41) is 9.92. The molecule has 2 N–H and O–H groups in total. The summed E-state index contributed by atoms with van der Waals surface area (Å²) < 4.78 is 1.60. The van der Waals surface area contributed by atoms with Crippen molar-refractivity contribution in [3.05, 3.63) is 36.8 Å². The number of hydrogen-bond acceptors (Lipinski definition) is 4. The van der Waals surface area contributed by atoms with Gasteiger partial charge in [0.25, 0.3) is 0 Å². The lowest BCUT2D eigenvalue weighted by Crippen LogP contribution is -2.50. The number of anilines is 1. The van der Waals surface area contributed by atoms with Crippen molar-refractivity contribution in [1.82, 2.24) is 25.0 Å². The zero-order valence-corrected chi connectivity index (χ0v) is 13.5. The van der Waals surface area contributed by atoms with Gasteiger partial charge in [-0.05, 0) is 31.0 Å². The highest BCUT2D eigenvalue weighted by Crippen LogP contribution is 2.18. The molecule has 3 amide bonds. The highest BCUT2D eigenvalue weighted by atomic mass is 16.2. The quantitative estimate of drug-likeness (QED) is 0.891. The minimum Gasteiger partial charge on any atom is -0.352 e. The predicted octanol–water partition coefficient (Wildman–Crippen LogP) is 1.40. The summed E-state index contributed by atoms with van der Waals surface area (Å²) in [7, 11) is 0. The second-order valence-corrected chi connectivity index (χ2v) is 5.74. The van der Waals surface area contributed by atoms with Gasteiger partial charge in [-0.3, -0.25) is 4.79 Å². The summed E-state index contributed by atoms with van der Waals surface area (Å²) in [5.41, 5.74) is 0.591. The molecule has 1 fully saturated rings. The Labute approximate surface area is 139 Å². The lowest BCUT2D eigenvalue weighted by Gasteiger charge is -2.33. The molecule has 0 aliphatic carbocycles. The maximum absolute atomic E-state index is 12.6. The Morgan fingerprint density at radius 1 is 1.29 bits per heavy atom. The fourth-order valence-corrected chi connectivity index (χ4v) is 2.83. The van der Waals surface area contributed by atoms with Crippen molar-refractivity contribution < 1.29 is 9.59 Å². The molecule has 0 bridgehead atoms. The monoisotopic (exact) mass is 328 g/mol. The van der Waals surface area contributed by atoms with Crippen LogP contribution in [0.25, 0.3) is 5.82 Å². The van der Waals surface area contributed by atoms with E-state index in [2.05, 4.69) is 20.7 Å². The maximum Gasteiger partial charge on any atom is 0.322 e. The fourth-order valence-electron chi connectivity index (χ4n) is 2.83. The van der Waals surface area contributed by atoms with Gasteiger partial charge in [0, 0.05) is 44.6 Å². The lowest BCUT2D eigenvalue weighted by molar-refractivity contribution is -0.119. The molecule has 1 aliphatic rings. The first-order valence-corrected chi connectivity index (χ1v) is 7.91. The number of nitrogens with zero attached hydrogens (tertiary/aromatic N) is 4. The third-order valence-corrected chi connectivity index (χ3v) is 3.87. The third-order valence-electron chi connectivity index (χ3n) is 3.87. The number of carbonyl (C=O) groups is 2. The number of piperidine rings is 1. The van der Waals surface area contributed by atoms with Gasteiger partial charge in [0.05, 0.1) is 5.69 Å². The Hall–Kier alpha value is -2.90. The van der Waals surface area contributed by atoms with E-state index in [1.165, 1.54) is 6.92 Å². The van der Waals surface area contributed by atoms with E-state index in [0.29, 0.717) is 24.6 Å². The van der Waals surface area contributed by atoms with Gasteiger partial charge in [-0.25, -0.2) is 14.5 Å². The second-order valence-electron chi connectivity index (χ2n) is 5.74. The molecule has 8 nitrogen and oxygen atoms in total. The van der Waals surface area contributed by atoms with Gasteiger partial charge in [0.1, 0.15) is 0 Å². The standard InChI is InChI=1S/C16H20N6O2/c1-12(23)19-13-5-3-9-21(11-13)16(24)20-14-6-2-7-17-15(14)22-10-4-8-18-22/h2,4,6-8,10,13H,3,5,9,11H2,1H3,(H,19,23)(H,20,24)/t13-/m1/s1. The number of hydrogen-bond donors (Lipinski definition) is 2. The van der Waals surface area contributed by atoms with Gasteiger partial charge in [-0.2, -0.15) is 5.10 Å². The van der Waals surface area contributed by atoms with E-state index in [1.54, 1.807) is 46.4 Å². The number of carbonyl (C=O) groups excluding carboxylic acids is 2. The molecule has 3 rings (SSSR count). The molecule has 0 unspecified atom stereocenters. The maximum atomic E-state index is 12.6. The second kappa shape index (κ2) is 7.12. The smallest absolute Gasteiger partial charge is 0.322 e. The molecule has 0 aromatic carbocycles. The summed E-state index contributed by atoms with van der Waals surface area (Å²) in [5.74, 6) is 0.488. The van der Waals surface area contributed by atoms with Crippen molar-refractivity contribution in [3.8, 4) is 5.82 Å². The van der Waals surface area contributed by atoms with Crippen molar-refractivity contribution in [2.24, 2.45) is 0 Å². The Bertz CT molecular complexity index is 715. The molecule has 8 heteroatoms. The third kappa shape index (κ3) is 3.70. The molecule has 3 heterocycles. The van der Waals surface area contributed by atoms with E-state index in [-0.39, 0.29) is 18.0 Å². The van der Waals surface area contributed by atoms with Crippen molar-refractivity contribution in [1.29, 1.82) is 0 Å². The van der Waals surface area contributed by atoms with E-state index in [4.69, 9.17) is 0 Å². The summed E-state index contributed by atoms with van der Waals surface area (Å²) in [6.07, 6.45) is 6.82. The van der Waals surface area contributed by atoms with E-state index in [0.717, 1.165) is 12.8 Å². The number of amides is 3. The molecule has 0 radical (unpaired) electrons. The van der Waals surface area contributed by atoms with Gasteiger partial charge >= 0.3 is 6.03 Å². The Balaban J connectivity index is 1.70. The van der Waals surface area contributed by atoms with Crippen LogP contribution < -0.4 is 10.6 Å². The van der Waals surface area contributed by atoms with E-state index >= 15 is 0 Å².